The lowest BCUT2D eigenvalue weighted by Crippen LogP contribution is -2.51. The van der Waals surface area contributed by atoms with Crippen molar-refractivity contribution in [3.05, 3.63) is 53.6 Å². The maximum absolute atomic E-state index is 12.5. The van der Waals surface area contributed by atoms with E-state index in [-0.39, 0.29) is 11.8 Å². The van der Waals surface area contributed by atoms with Gasteiger partial charge in [0.1, 0.15) is 0 Å². The van der Waals surface area contributed by atoms with E-state index in [9.17, 15) is 9.59 Å². The van der Waals surface area contributed by atoms with E-state index in [4.69, 9.17) is 0 Å². The molecular weight excluding hydrogens is 420 g/mol. The summed E-state index contributed by atoms with van der Waals surface area (Å²) in [5.74, 6) is 0.123. The van der Waals surface area contributed by atoms with Crippen LogP contribution in [-0.2, 0) is 9.59 Å². The van der Waals surface area contributed by atoms with E-state index in [0.29, 0.717) is 19.1 Å². The zero-order chi connectivity index (χ0) is 22.5. The number of hydrogen-bond donors (Lipinski definition) is 2. The van der Waals surface area contributed by atoms with Crippen molar-refractivity contribution < 1.29 is 9.59 Å². The van der Waals surface area contributed by atoms with Gasteiger partial charge in [-0.25, -0.2) is 0 Å². The minimum absolute atomic E-state index is 0.000131. The average molecular weight is 453 g/mol. The van der Waals surface area contributed by atoms with Crippen molar-refractivity contribution in [3.63, 3.8) is 0 Å². The summed E-state index contributed by atoms with van der Waals surface area (Å²) >= 11 is 1.74. The molecular formula is C25H32N4O2S. The van der Waals surface area contributed by atoms with Gasteiger partial charge in [0.05, 0.1) is 13.1 Å². The Kier molecular flexibility index (Phi) is 7.50. The lowest BCUT2D eigenvalue weighted by Gasteiger charge is -2.33. The molecule has 2 aromatic rings. The fourth-order valence-corrected chi connectivity index (χ4v) is 4.76. The monoisotopic (exact) mass is 452 g/mol. The quantitative estimate of drug-likeness (QED) is 0.644. The van der Waals surface area contributed by atoms with Gasteiger partial charge in [-0.15, -0.1) is 0 Å². The Morgan fingerprint density at radius 3 is 2.16 bits per heavy atom. The molecule has 0 atom stereocenters. The molecule has 0 aromatic heterocycles. The van der Waals surface area contributed by atoms with Gasteiger partial charge >= 0.3 is 0 Å². The van der Waals surface area contributed by atoms with Crippen LogP contribution < -0.4 is 10.6 Å². The molecule has 2 aliphatic rings. The van der Waals surface area contributed by atoms with Gasteiger partial charge in [-0.05, 0) is 68.1 Å². The number of carbonyl (C=O) groups is 2. The number of nitrogens with one attached hydrogen (secondary N) is 2. The van der Waals surface area contributed by atoms with Crippen LogP contribution in [0.3, 0.4) is 0 Å². The fourth-order valence-electron chi connectivity index (χ4n) is 3.76. The van der Waals surface area contributed by atoms with Gasteiger partial charge in [0.25, 0.3) is 0 Å². The van der Waals surface area contributed by atoms with Crippen LogP contribution in [0.25, 0.3) is 0 Å². The molecule has 2 aromatic carbocycles. The van der Waals surface area contributed by atoms with Crippen molar-refractivity contribution in [2.24, 2.45) is 0 Å². The van der Waals surface area contributed by atoms with Gasteiger partial charge in [0.15, 0.2) is 0 Å². The number of amides is 2. The molecule has 1 saturated heterocycles. The first-order valence-corrected chi connectivity index (χ1v) is 12.2. The third-order valence-corrected chi connectivity index (χ3v) is 7.02. The molecule has 1 heterocycles. The summed E-state index contributed by atoms with van der Waals surface area (Å²) in [7, 11) is 0. The van der Waals surface area contributed by atoms with Gasteiger partial charge in [-0.1, -0.05) is 23.9 Å². The zero-order valence-corrected chi connectivity index (χ0v) is 19.7. The normalized spacial score (nSPS) is 17.2. The van der Waals surface area contributed by atoms with Crippen molar-refractivity contribution in [2.75, 3.05) is 44.6 Å². The molecule has 0 unspecified atom stereocenters. The van der Waals surface area contributed by atoms with Crippen molar-refractivity contribution in [1.82, 2.24) is 15.1 Å². The molecule has 0 bridgehead atoms. The van der Waals surface area contributed by atoms with Crippen LogP contribution in [0.2, 0.25) is 0 Å². The van der Waals surface area contributed by atoms with Crippen LogP contribution in [0.5, 0.6) is 0 Å². The molecule has 2 amide bonds. The maximum Gasteiger partial charge on any atom is 0.238 e. The second-order valence-electron chi connectivity index (χ2n) is 8.84. The SMILES string of the molecule is Cc1ccc(C)c(Sc2ccc(NC(=O)CN3CCN(CC(=O)NC4CC4)CC3)cc2)c1. The number of carbonyl (C=O) groups excluding carboxylic acids is 2. The summed E-state index contributed by atoms with van der Waals surface area (Å²) in [6.07, 6.45) is 2.23. The van der Waals surface area contributed by atoms with Crippen molar-refractivity contribution in [1.29, 1.82) is 0 Å². The molecule has 170 valence electrons. The molecule has 1 saturated carbocycles. The predicted octanol–water partition coefficient (Wildman–Crippen LogP) is 3.29. The Morgan fingerprint density at radius 2 is 1.53 bits per heavy atom. The largest absolute Gasteiger partial charge is 0.352 e. The topological polar surface area (TPSA) is 64.7 Å². The molecule has 2 fully saturated rings. The second kappa shape index (κ2) is 10.5. The first kappa shape index (κ1) is 22.8. The van der Waals surface area contributed by atoms with Crippen LogP contribution in [0.15, 0.2) is 52.3 Å². The first-order valence-electron chi connectivity index (χ1n) is 11.3. The van der Waals surface area contributed by atoms with Crippen LogP contribution in [0, 0.1) is 13.8 Å². The zero-order valence-electron chi connectivity index (χ0n) is 18.9. The Bertz CT molecular complexity index is 951. The number of anilines is 1. The lowest BCUT2D eigenvalue weighted by molar-refractivity contribution is -0.123. The molecule has 0 spiro atoms. The number of rotatable bonds is 8. The minimum atomic E-state index is -0.000131. The summed E-state index contributed by atoms with van der Waals surface area (Å²) in [5, 5.41) is 6.04. The summed E-state index contributed by atoms with van der Waals surface area (Å²) in [6, 6.07) is 14.9. The van der Waals surface area contributed by atoms with E-state index in [2.05, 4.69) is 52.5 Å². The van der Waals surface area contributed by atoms with Crippen LogP contribution in [0.4, 0.5) is 5.69 Å². The molecule has 1 aliphatic heterocycles. The molecule has 4 rings (SSSR count). The average Bonchev–Trinajstić information content (AvgIpc) is 3.57. The van der Waals surface area contributed by atoms with Crippen LogP contribution in [0.1, 0.15) is 24.0 Å². The van der Waals surface area contributed by atoms with Gasteiger partial charge < -0.3 is 10.6 Å². The van der Waals surface area contributed by atoms with E-state index < -0.39 is 0 Å². The standard InChI is InChI=1S/C25H32N4O2S/c1-18-3-4-19(2)23(15-18)32-22-9-7-21(8-10-22)27-25(31)17-29-13-11-28(12-14-29)16-24(30)26-20-5-6-20/h3-4,7-10,15,20H,5-6,11-14,16-17H2,1-2H3,(H,26,30)(H,27,31). The summed E-state index contributed by atoms with van der Waals surface area (Å²) < 4.78 is 0. The highest BCUT2D eigenvalue weighted by Gasteiger charge is 2.25. The van der Waals surface area contributed by atoms with Gasteiger partial charge in [-0.2, -0.15) is 0 Å². The van der Waals surface area contributed by atoms with E-state index in [1.807, 2.05) is 24.3 Å². The Labute approximate surface area is 194 Å². The maximum atomic E-state index is 12.5. The van der Waals surface area contributed by atoms with Gasteiger partial charge in [0.2, 0.25) is 11.8 Å². The number of nitrogens with zero attached hydrogens (tertiary/aromatic N) is 2. The second-order valence-corrected chi connectivity index (χ2v) is 9.95. The minimum Gasteiger partial charge on any atom is -0.352 e. The summed E-state index contributed by atoms with van der Waals surface area (Å²) in [4.78, 5) is 31.2. The number of hydrogen-bond acceptors (Lipinski definition) is 5. The molecule has 7 heteroatoms. The molecule has 0 radical (unpaired) electrons. The third kappa shape index (κ3) is 6.82. The first-order chi connectivity index (χ1) is 15.4. The van der Waals surface area contributed by atoms with Gasteiger partial charge in [0, 0.05) is 47.7 Å². The van der Waals surface area contributed by atoms with Crippen LogP contribution >= 0.6 is 11.8 Å². The Balaban J connectivity index is 1.19. The highest BCUT2D eigenvalue weighted by atomic mass is 32.2. The molecule has 2 N–H and O–H groups in total. The Hall–Kier alpha value is -2.35. The van der Waals surface area contributed by atoms with E-state index in [0.717, 1.165) is 49.6 Å². The molecule has 1 aliphatic carbocycles. The summed E-state index contributed by atoms with van der Waals surface area (Å²) in [6.45, 7) is 8.30. The smallest absolute Gasteiger partial charge is 0.238 e. The molecule has 6 nitrogen and oxygen atoms in total. The number of aryl methyl sites for hydroxylation is 2. The van der Waals surface area contributed by atoms with Crippen molar-refractivity contribution in [2.45, 2.75) is 42.5 Å². The van der Waals surface area contributed by atoms with Gasteiger partial charge in [-0.3, -0.25) is 19.4 Å². The highest BCUT2D eigenvalue weighted by Crippen LogP contribution is 2.31. The lowest BCUT2D eigenvalue weighted by atomic mass is 10.2. The number of piperazine rings is 1. The fraction of sp³-hybridized carbons (Fsp3) is 0.440. The van der Waals surface area contributed by atoms with E-state index >= 15 is 0 Å². The third-order valence-electron chi connectivity index (χ3n) is 5.85. The van der Waals surface area contributed by atoms with Crippen molar-refractivity contribution >= 4 is 29.3 Å². The Morgan fingerprint density at radius 1 is 0.906 bits per heavy atom. The molecule has 32 heavy (non-hydrogen) atoms. The van der Waals surface area contributed by atoms with Crippen molar-refractivity contribution in [3.8, 4) is 0 Å². The van der Waals surface area contributed by atoms with Crippen LogP contribution in [-0.4, -0.2) is 66.9 Å². The summed E-state index contributed by atoms with van der Waals surface area (Å²) in [5.41, 5.74) is 3.33. The highest BCUT2D eigenvalue weighted by molar-refractivity contribution is 7.99. The predicted molar refractivity (Wildman–Crippen MR) is 129 cm³/mol. The number of benzene rings is 2. The van der Waals surface area contributed by atoms with E-state index in [1.54, 1.807) is 11.8 Å². The van der Waals surface area contributed by atoms with E-state index in [1.165, 1.54) is 16.0 Å².